The lowest BCUT2D eigenvalue weighted by Crippen LogP contribution is -2.45. The molecule has 0 radical (unpaired) electrons. The van der Waals surface area contributed by atoms with Gasteiger partial charge in [0.25, 0.3) is 0 Å². The van der Waals surface area contributed by atoms with Crippen LogP contribution in [0.25, 0.3) is 0 Å². The third-order valence-electron chi connectivity index (χ3n) is 4.28. The number of hydrogen-bond donors (Lipinski definition) is 2. The van der Waals surface area contributed by atoms with Crippen LogP contribution in [0.2, 0.25) is 0 Å². The lowest BCUT2D eigenvalue weighted by atomic mass is 9.94. The van der Waals surface area contributed by atoms with E-state index >= 15 is 0 Å². The number of carboxylic acids is 1. The van der Waals surface area contributed by atoms with E-state index in [9.17, 15) is 14.7 Å². The summed E-state index contributed by atoms with van der Waals surface area (Å²) in [6.45, 7) is 4.67. The van der Waals surface area contributed by atoms with Gasteiger partial charge in [0.15, 0.2) is 0 Å². The van der Waals surface area contributed by atoms with Crippen LogP contribution in [0.1, 0.15) is 39.5 Å². The fourth-order valence-corrected chi connectivity index (χ4v) is 3.29. The van der Waals surface area contributed by atoms with Crippen molar-refractivity contribution in [1.82, 2.24) is 5.32 Å². The van der Waals surface area contributed by atoms with Gasteiger partial charge in [-0.2, -0.15) is 0 Å². The molecule has 5 nitrogen and oxygen atoms in total. The Hall–Kier alpha value is -1.10. The zero-order chi connectivity index (χ0) is 14.0. The summed E-state index contributed by atoms with van der Waals surface area (Å²) in [5.74, 6) is -1.51. The zero-order valence-corrected chi connectivity index (χ0v) is 11.6. The first-order valence-corrected chi connectivity index (χ1v) is 7.12. The highest BCUT2D eigenvalue weighted by Crippen LogP contribution is 2.36. The molecule has 0 aromatic heterocycles. The number of carbonyl (C=O) groups is 2. The van der Waals surface area contributed by atoms with Crippen molar-refractivity contribution in [3.8, 4) is 0 Å². The molecule has 19 heavy (non-hydrogen) atoms. The fourth-order valence-electron chi connectivity index (χ4n) is 3.29. The third-order valence-corrected chi connectivity index (χ3v) is 4.28. The maximum Gasteiger partial charge on any atom is 0.307 e. The number of hydrogen-bond acceptors (Lipinski definition) is 3. The van der Waals surface area contributed by atoms with E-state index in [1.54, 1.807) is 0 Å². The Bertz CT molecular complexity index is 357. The molecular weight excluding hydrogens is 246 g/mol. The predicted octanol–water partition coefficient (Wildman–Crippen LogP) is 1.42. The predicted molar refractivity (Wildman–Crippen MR) is 69.6 cm³/mol. The standard InChI is InChI=1S/C14H23NO4/c1-8-5-11(12(6-8)14(17)18)13(16)15-10-3-4-19-9(2)7-10/h8-12H,3-7H2,1-2H3,(H,15,16)(H,17,18). The monoisotopic (exact) mass is 269 g/mol. The molecule has 0 spiro atoms. The molecule has 1 aliphatic heterocycles. The van der Waals surface area contributed by atoms with E-state index in [-0.39, 0.29) is 24.0 Å². The van der Waals surface area contributed by atoms with E-state index in [1.165, 1.54) is 0 Å². The second kappa shape index (κ2) is 5.90. The van der Waals surface area contributed by atoms with Crippen LogP contribution >= 0.6 is 0 Å². The first kappa shape index (κ1) is 14.3. The molecule has 1 aliphatic carbocycles. The second-order valence-corrected chi connectivity index (χ2v) is 6.04. The van der Waals surface area contributed by atoms with Crippen molar-refractivity contribution >= 4 is 11.9 Å². The third kappa shape index (κ3) is 3.47. The van der Waals surface area contributed by atoms with Gasteiger partial charge in [-0.15, -0.1) is 0 Å². The molecule has 0 bridgehead atoms. The molecule has 1 amide bonds. The molecule has 108 valence electrons. The molecule has 1 saturated heterocycles. The summed E-state index contributed by atoms with van der Waals surface area (Å²) in [5.41, 5.74) is 0. The van der Waals surface area contributed by atoms with Gasteiger partial charge in [0.1, 0.15) is 0 Å². The SMILES string of the molecule is CC1CC(C(=O)O)C(C(=O)NC2CCOC(C)C2)C1. The van der Waals surface area contributed by atoms with E-state index in [0.29, 0.717) is 25.4 Å². The van der Waals surface area contributed by atoms with Gasteiger partial charge < -0.3 is 15.2 Å². The minimum absolute atomic E-state index is 0.0872. The van der Waals surface area contributed by atoms with Gasteiger partial charge in [-0.05, 0) is 38.5 Å². The van der Waals surface area contributed by atoms with Crippen molar-refractivity contribution in [2.75, 3.05) is 6.61 Å². The Morgan fingerprint density at radius 2 is 1.84 bits per heavy atom. The number of carboxylic acid groups (broad SMARTS) is 1. The Morgan fingerprint density at radius 1 is 1.16 bits per heavy atom. The Kier molecular flexibility index (Phi) is 4.45. The van der Waals surface area contributed by atoms with Gasteiger partial charge in [-0.3, -0.25) is 9.59 Å². The number of carbonyl (C=O) groups excluding carboxylic acids is 1. The van der Waals surface area contributed by atoms with Crippen LogP contribution in [0.15, 0.2) is 0 Å². The molecule has 2 aliphatic rings. The minimum Gasteiger partial charge on any atom is -0.481 e. The van der Waals surface area contributed by atoms with Crippen LogP contribution < -0.4 is 5.32 Å². The van der Waals surface area contributed by atoms with Gasteiger partial charge in [-0.1, -0.05) is 6.92 Å². The maximum atomic E-state index is 12.3. The lowest BCUT2D eigenvalue weighted by Gasteiger charge is -2.29. The molecular formula is C14H23NO4. The van der Waals surface area contributed by atoms with Crippen molar-refractivity contribution in [3.63, 3.8) is 0 Å². The minimum atomic E-state index is -0.843. The Labute approximate surface area is 113 Å². The summed E-state index contributed by atoms with van der Waals surface area (Å²) >= 11 is 0. The van der Waals surface area contributed by atoms with Crippen molar-refractivity contribution in [2.45, 2.75) is 51.7 Å². The lowest BCUT2D eigenvalue weighted by molar-refractivity contribution is -0.146. The number of ether oxygens (including phenoxy) is 1. The van der Waals surface area contributed by atoms with Crippen LogP contribution in [0.4, 0.5) is 0 Å². The average Bonchev–Trinajstić information content (AvgIpc) is 2.71. The van der Waals surface area contributed by atoms with Gasteiger partial charge in [0.05, 0.1) is 17.9 Å². The first-order valence-electron chi connectivity index (χ1n) is 7.12. The molecule has 5 heteroatoms. The summed E-state index contributed by atoms with van der Waals surface area (Å²) in [4.78, 5) is 23.5. The molecule has 1 heterocycles. The zero-order valence-electron chi connectivity index (χ0n) is 11.6. The average molecular weight is 269 g/mol. The van der Waals surface area contributed by atoms with Crippen molar-refractivity contribution in [1.29, 1.82) is 0 Å². The van der Waals surface area contributed by atoms with Crippen molar-refractivity contribution < 1.29 is 19.4 Å². The second-order valence-electron chi connectivity index (χ2n) is 6.04. The fraction of sp³-hybridized carbons (Fsp3) is 0.857. The van der Waals surface area contributed by atoms with Crippen LogP contribution in [0.5, 0.6) is 0 Å². The number of amides is 1. The number of rotatable bonds is 3. The Morgan fingerprint density at radius 3 is 2.47 bits per heavy atom. The van der Waals surface area contributed by atoms with Crippen LogP contribution in [-0.2, 0) is 14.3 Å². The van der Waals surface area contributed by atoms with E-state index in [2.05, 4.69) is 5.32 Å². The highest BCUT2D eigenvalue weighted by atomic mass is 16.5. The van der Waals surface area contributed by atoms with Crippen molar-refractivity contribution in [3.05, 3.63) is 0 Å². The summed E-state index contributed by atoms with van der Waals surface area (Å²) in [6, 6.07) is 0.126. The largest absolute Gasteiger partial charge is 0.481 e. The van der Waals surface area contributed by atoms with Gasteiger partial charge >= 0.3 is 5.97 Å². The van der Waals surface area contributed by atoms with Gasteiger partial charge in [0.2, 0.25) is 5.91 Å². The molecule has 2 N–H and O–H groups in total. The topological polar surface area (TPSA) is 75.6 Å². The van der Waals surface area contributed by atoms with Gasteiger partial charge in [0, 0.05) is 12.6 Å². The molecule has 5 unspecified atom stereocenters. The number of nitrogens with one attached hydrogen (secondary N) is 1. The maximum absolute atomic E-state index is 12.3. The van der Waals surface area contributed by atoms with Crippen LogP contribution in [0.3, 0.4) is 0 Å². The summed E-state index contributed by atoms with van der Waals surface area (Å²) in [7, 11) is 0. The summed E-state index contributed by atoms with van der Waals surface area (Å²) < 4.78 is 5.45. The molecule has 0 aromatic rings. The first-order chi connectivity index (χ1) is 8.97. The van der Waals surface area contributed by atoms with E-state index in [4.69, 9.17) is 4.74 Å². The van der Waals surface area contributed by atoms with Crippen LogP contribution in [-0.4, -0.2) is 35.7 Å². The molecule has 2 fully saturated rings. The normalized spacial score (nSPS) is 38.9. The van der Waals surface area contributed by atoms with E-state index in [0.717, 1.165) is 12.8 Å². The summed E-state index contributed by atoms with van der Waals surface area (Å²) in [5, 5.41) is 12.2. The highest BCUT2D eigenvalue weighted by molar-refractivity contribution is 5.85. The van der Waals surface area contributed by atoms with E-state index in [1.807, 2.05) is 13.8 Å². The summed E-state index contributed by atoms with van der Waals surface area (Å²) in [6.07, 6.45) is 3.08. The highest BCUT2D eigenvalue weighted by Gasteiger charge is 2.41. The van der Waals surface area contributed by atoms with Crippen LogP contribution in [0, 0.1) is 17.8 Å². The van der Waals surface area contributed by atoms with Gasteiger partial charge in [-0.25, -0.2) is 0 Å². The van der Waals surface area contributed by atoms with Crippen molar-refractivity contribution in [2.24, 2.45) is 17.8 Å². The van der Waals surface area contributed by atoms with E-state index < -0.39 is 11.9 Å². The quantitative estimate of drug-likeness (QED) is 0.812. The smallest absolute Gasteiger partial charge is 0.307 e. The Balaban J connectivity index is 1.93. The molecule has 1 saturated carbocycles. The number of aliphatic carboxylic acids is 1. The molecule has 0 aromatic carbocycles. The molecule has 5 atom stereocenters. The molecule has 2 rings (SSSR count).